The lowest BCUT2D eigenvalue weighted by Gasteiger charge is -2.18. The molecule has 2 aromatic carbocycles. The van der Waals surface area contributed by atoms with Crippen molar-refractivity contribution in [3.05, 3.63) is 98.5 Å². The van der Waals surface area contributed by atoms with E-state index in [0.717, 1.165) is 35.2 Å². The number of aryl methyl sites for hydroxylation is 1. The number of imidazole rings is 1. The monoisotopic (exact) mass is 453 g/mol. The van der Waals surface area contributed by atoms with Crippen LogP contribution in [-0.2, 0) is 12.3 Å². The molecule has 1 unspecified atom stereocenters. The van der Waals surface area contributed by atoms with E-state index in [2.05, 4.69) is 33.8 Å². The van der Waals surface area contributed by atoms with Gasteiger partial charge in [-0.25, -0.2) is 4.98 Å². The smallest absolute Gasteiger partial charge is 0.291 e. The molecule has 0 aliphatic heterocycles. The fraction of sp³-hybridized carbons (Fsp3) is 0.250. The van der Waals surface area contributed by atoms with E-state index in [1.165, 1.54) is 11.1 Å². The van der Waals surface area contributed by atoms with Crippen LogP contribution in [0.5, 0.6) is 0 Å². The van der Waals surface area contributed by atoms with E-state index in [1.54, 1.807) is 0 Å². The predicted octanol–water partition coefficient (Wildman–Crippen LogP) is 6.30. The molecule has 0 amide bonds. The standard InChI is InChI=1S/C20H20Cl2N2S.HNO3/c21-18-7-3-16(4-8-18)14-25-20(17-5-9-19(22)10-6-17)2-1-12-24-13-11-23-15-24;2-1(3)4/h3-11,13,15,20H,1-2,12,14H2;(H,2,3,4). The molecule has 1 N–H and O–H groups in total. The molecule has 0 saturated carbocycles. The highest BCUT2D eigenvalue weighted by molar-refractivity contribution is 7.98. The van der Waals surface area contributed by atoms with Crippen LogP contribution in [0.25, 0.3) is 0 Å². The Kier molecular flexibility index (Phi) is 9.83. The van der Waals surface area contributed by atoms with Gasteiger partial charge in [-0.15, -0.1) is 21.9 Å². The molecule has 6 nitrogen and oxygen atoms in total. The minimum atomic E-state index is -1.50. The van der Waals surface area contributed by atoms with Crippen LogP contribution in [0.15, 0.2) is 67.3 Å². The zero-order chi connectivity index (χ0) is 21.1. The molecule has 3 aromatic rings. The van der Waals surface area contributed by atoms with E-state index in [-0.39, 0.29) is 0 Å². The summed E-state index contributed by atoms with van der Waals surface area (Å²) in [7, 11) is 0. The zero-order valence-corrected chi connectivity index (χ0v) is 17.9. The second-order valence-electron chi connectivity index (χ2n) is 6.16. The number of thioether (sulfide) groups is 1. The van der Waals surface area contributed by atoms with Gasteiger partial charge < -0.3 is 9.77 Å². The topological polar surface area (TPSA) is 81.2 Å². The van der Waals surface area contributed by atoms with Crippen molar-refractivity contribution < 1.29 is 10.3 Å². The number of aromatic nitrogens is 2. The Balaban J connectivity index is 0.000000687. The quantitative estimate of drug-likeness (QED) is 0.319. The summed E-state index contributed by atoms with van der Waals surface area (Å²) in [5, 5.41) is 15.6. The van der Waals surface area contributed by atoms with Crippen molar-refractivity contribution >= 4 is 35.0 Å². The summed E-state index contributed by atoms with van der Waals surface area (Å²) in [4.78, 5) is 12.5. The summed E-state index contributed by atoms with van der Waals surface area (Å²) in [6.07, 6.45) is 7.93. The zero-order valence-electron chi connectivity index (χ0n) is 15.5. The van der Waals surface area contributed by atoms with Gasteiger partial charge in [0, 0.05) is 40.0 Å². The Morgan fingerprint density at radius 1 is 1.10 bits per heavy atom. The average Bonchev–Trinajstić information content (AvgIpc) is 3.20. The highest BCUT2D eigenvalue weighted by Gasteiger charge is 2.12. The maximum Gasteiger partial charge on any atom is 0.291 e. The molecule has 3 rings (SSSR count). The Morgan fingerprint density at radius 3 is 2.24 bits per heavy atom. The number of hydrogen-bond acceptors (Lipinski definition) is 4. The minimum Gasteiger partial charge on any atom is -0.337 e. The molecule has 1 atom stereocenters. The van der Waals surface area contributed by atoms with Gasteiger partial charge in [-0.2, -0.15) is 0 Å². The van der Waals surface area contributed by atoms with Gasteiger partial charge >= 0.3 is 0 Å². The molecule has 0 spiro atoms. The Labute approximate surface area is 183 Å². The third-order valence-electron chi connectivity index (χ3n) is 4.05. The maximum atomic E-state index is 8.36. The van der Waals surface area contributed by atoms with E-state index < -0.39 is 5.09 Å². The fourth-order valence-electron chi connectivity index (χ4n) is 2.68. The van der Waals surface area contributed by atoms with E-state index in [1.807, 2.05) is 54.7 Å². The van der Waals surface area contributed by atoms with Crippen LogP contribution >= 0.6 is 35.0 Å². The minimum absolute atomic E-state index is 0.441. The normalized spacial score (nSPS) is 11.4. The summed E-state index contributed by atoms with van der Waals surface area (Å²) in [6.45, 7) is 0.992. The molecule has 0 radical (unpaired) electrons. The van der Waals surface area contributed by atoms with Crippen molar-refractivity contribution in [1.82, 2.24) is 9.55 Å². The van der Waals surface area contributed by atoms with Crippen LogP contribution < -0.4 is 0 Å². The summed E-state index contributed by atoms with van der Waals surface area (Å²) < 4.78 is 2.13. The molecule has 0 aliphatic carbocycles. The van der Waals surface area contributed by atoms with Crippen molar-refractivity contribution in [2.45, 2.75) is 30.4 Å². The first-order chi connectivity index (χ1) is 13.9. The van der Waals surface area contributed by atoms with Gasteiger partial charge in [-0.1, -0.05) is 47.5 Å². The van der Waals surface area contributed by atoms with Crippen molar-refractivity contribution in [2.24, 2.45) is 0 Å². The Morgan fingerprint density at radius 2 is 1.69 bits per heavy atom. The summed E-state index contributed by atoms with van der Waals surface area (Å²) in [5.74, 6) is 0.968. The first-order valence-electron chi connectivity index (χ1n) is 8.84. The van der Waals surface area contributed by atoms with Crippen LogP contribution in [0.1, 0.15) is 29.2 Å². The second kappa shape index (κ2) is 12.4. The first kappa shape index (κ1) is 23.1. The van der Waals surface area contributed by atoms with Crippen molar-refractivity contribution in [1.29, 1.82) is 0 Å². The van der Waals surface area contributed by atoms with Gasteiger partial charge in [0.15, 0.2) is 0 Å². The number of nitrogens with zero attached hydrogens (tertiary/aromatic N) is 3. The van der Waals surface area contributed by atoms with Crippen LogP contribution in [0.4, 0.5) is 0 Å². The summed E-state index contributed by atoms with van der Waals surface area (Å²) in [6, 6.07) is 16.3. The highest BCUT2D eigenvalue weighted by Crippen LogP contribution is 2.36. The third kappa shape index (κ3) is 9.21. The molecule has 0 fully saturated rings. The van der Waals surface area contributed by atoms with Crippen LogP contribution in [0, 0.1) is 10.1 Å². The molecular weight excluding hydrogens is 433 g/mol. The molecule has 1 aromatic heterocycles. The van der Waals surface area contributed by atoms with Crippen LogP contribution in [0.3, 0.4) is 0 Å². The van der Waals surface area contributed by atoms with E-state index in [4.69, 9.17) is 38.5 Å². The Hall–Kier alpha value is -2.22. The number of benzene rings is 2. The molecule has 9 heteroatoms. The fourth-order valence-corrected chi connectivity index (χ4v) is 4.20. The van der Waals surface area contributed by atoms with Crippen molar-refractivity contribution in [3.63, 3.8) is 0 Å². The SMILES string of the molecule is Clc1ccc(CSC(CCCn2ccnc2)c2ccc(Cl)cc2)cc1.O=[N+]([O-])O. The molecule has 0 bridgehead atoms. The highest BCUT2D eigenvalue weighted by atomic mass is 35.5. The van der Waals surface area contributed by atoms with Gasteiger partial charge in [0.1, 0.15) is 0 Å². The second-order valence-corrected chi connectivity index (χ2v) is 8.22. The summed E-state index contributed by atoms with van der Waals surface area (Å²) >= 11 is 14.0. The van der Waals surface area contributed by atoms with Crippen molar-refractivity contribution in [2.75, 3.05) is 0 Å². The van der Waals surface area contributed by atoms with Gasteiger partial charge in [-0.05, 0) is 48.2 Å². The van der Waals surface area contributed by atoms with Gasteiger partial charge in [0.25, 0.3) is 5.09 Å². The molecule has 0 aliphatic rings. The van der Waals surface area contributed by atoms with Crippen LogP contribution in [-0.4, -0.2) is 19.8 Å². The van der Waals surface area contributed by atoms with E-state index >= 15 is 0 Å². The molecule has 154 valence electrons. The summed E-state index contributed by atoms with van der Waals surface area (Å²) in [5.41, 5.74) is 2.62. The first-order valence-corrected chi connectivity index (χ1v) is 10.6. The average molecular weight is 454 g/mol. The van der Waals surface area contributed by atoms with Gasteiger partial charge in [0.2, 0.25) is 0 Å². The lowest BCUT2D eigenvalue weighted by molar-refractivity contribution is -0.742. The predicted molar refractivity (Wildman–Crippen MR) is 117 cm³/mol. The number of rotatable bonds is 8. The van der Waals surface area contributed by atoms with Gasteiger partial charge in [-0.3, -0.25) is 0 Å². The lowest BCUT2D eigenvalue weighted by Crippen LogP contribution is -2.00. The lowest BCUT2D eigenvalue weighted by atomic mass is 10.1. The van der Waals surface area contributed by atoms with Crippen molar-refractivity contribution in [3.8, 4) is 0 Å². The molecule has 0 saturated heterocycles. The maximum absolute atomic E-state index is 8.36. The third-order valence-corrected chi connectivity index (χ3v) is 5.96. The number of halogens is 2. The van der Waals surface area contributed by atoms with E-state index in [9.17, 15) is 0 Å². The number of hydrogen-bond donors (Lipinski definition) is 1. The Bertz CT molecular complexity index is 856. The molecule has 29 heavy (non-hydrogen) atoms. The molecular formula is C20H21Cl2N3O3S. The largest absolute Gasteiger partial charge is 0.337 e. The molecule has 1 heterocycles. The van der Waals surface area contributed by atoms with Crippen LogP contribution in [0.2, 0.25) is 10.0 Å². The van der Waals surface area contributed by atoms with E-state index in [0.29, 0.717) is 5.25 Å². The van der Waals surface area contributed by atoms with Gasteiger partial charge in [0.05, 0.1) is 6.33 Å².